The molecule has 3 aliphatic heterocycles. The molecule has 0 saturated carbocycles. The molecule has 176 valence electrons. The molecular formula is C26H27N3O5. The maximum Gasteiger partial charge on any atom is 0.255 e. The van der Waals surface area contributed by atoms with Crippen molar-refractivity contribution < 1.29 is 29.4 Å². The Balaban J connectivity index is 1.29. The first-order valence-corrected chi connectivity index (χ1v) is 11.0. The molecule has 0 bridgehead atoms. The molecule has 1 N–H and O–H groups in total. The Morgan fingerprint density at radius 1 is 1.18 bits per heavy atom. The maximum atomic E-state index is 13.2. The number of benzene rings is 2. The molecule has 8 nitrogen and oxygen atoms in total. The summed E-state index contributed by atoms with van der Waals surface area (Å²) in [6, 6.07) is 11.0. The largest absolute Gasteiger partial charge is 0.489 e. The standard InChI is InChI=1S/C26H27N3O5/c1-17-5-10-22(25(31)27-17)29-14-21-20(26(29)32)3-2-4-23(21)34-15-19-8-6-18(7-9-19)13-28-11-12-33-16-24(28)30/h2-4,6-9,22H,1,5,10-16H2,(H,27,31)/i5D,10D2/hD. The summed E-state index contributed by atoms with van der Waals surface area (Å²) in [4.78, 5) is 40.9. The van der Waals surface area contributed by atoms with Crippen LogP contribution in [0.3, 0.4) is 0 Å². The highest BCUT2D eigenvalue weighted by Crippen LogP contribution is 2.34. The summed E-state index contributed by atoms with van der Waals surface area (Å²) in [6.45, 7) is 5.31. The molecule has 2 aromatic rings. The van der Waals surface area contributed by atoms with Crippen molar-refractivity contribution in [2.75, 3.05) is 19.8 Å². The summed E-state index contributed by atoms with van der Waals surface area (Å²) >= 11 is 0. The molecular weight excluding hydrogens is 434 g/mol. The summed E-state index contributed by atoms with van der Waals surface area (Å²) in [5, 5.41) is 0.413. The number of hydrogen-bond acceptors (Lipinski definition) is 5. The van der Waals surface area contributed by atoms with Crippen molar-refractivity contribution in [3.63, 3.8) is 0 Å². The molecule has 0 spiro atoms. The van der Waals surface area contributed by atoms with Gasteiger partial charge in [0.05, 0.1) is 13.2 Å². The van der Waals surface area contributed by atoms with Crippen LogP contribution >= 0.6 is 0 Å². The van der Waals surface area contributed by atoms with E-state index in [1.54, 1.807) is 23.1 Å². The average Bonchev–Trinajstić information content (AvgIpc) is 3.23. The van der Waals surface area contributed by atoms with Crippen molar-refractivity contribution in [2.45, 2.75) is 38.5 Å². The molecule has 2 fully saturated rings. The van der Waals surface area contributed by atoms with E-state index in [-0.39, 0.29) is 31.4 Å². The first kappa shape index (κ1) is 17.8. The quantitative estimate of drug-likeness (QED) is 0.708. The number of ether oxygens (including phenoxy) is 2. The Bertz CT molecular complexity index is 1300. The molecule has 2 atom stereocenters. The van der Waals surface area contributed by atoms with E-state index in [2.05, 4.69) is 6.58 Å². The van der Waals surface area contributed by atoms with Gasteiger partial charge in [0.25, 0.3) is 5.91 Å². The van der Waals surface area contributed by atoms with Crippen LogP contribution in [0.1, 0.15) is 43.9 Å². The summed E-state index contributed by atoms with van der Waals surface area (Å²) in [7, 11) is 0. The third kappa shape index (κ3) is 4.41. The van der Waals surface area contributed by atoms with E-state index in [0.29, 0.717) is 41.9 Å². The molecule has 34 heavy (non-hydrogen) atoms. The predicted molar refractivity (Wildman–Crippen MR) is 124 cm³/mol. The predicted octanol–water partition coefficient (Wildman–Crippen LogP) is 2.37. The van der Waals surface area contributed by atoms with Gasteiger partial charge in [0.1, 0.15) is 25.0 Å². The van der Waals surface area contributed by atoms with Crippen molar-refractivity contribution in [1.29, 1.82) is 0 Å². The summed E-state index contributed by atoms with van der Waals surface area (Å²) in [6.07, 6.45) is -3.99. The monoisotopic (exact) mass is 465 g/mol. The van der Waals surface area contributed by atoms with Crippen molar-refractivity contribution in [3.8, 4) is 5.75 Å². The van der Waals surface area contributed by atoms with E-state index in [1.807, 2.05) is 24.3 Å². The highest BCUT2D eigenvalue weighted by molar-refractivity contribution is 6.02. The van der Waals surface area contributed by atoms with Gasteiger partial charge in [0.15, 0.2) is 1.41 Å². The fourth-order valence-corrected chi connectivity index (χ4v) is 4.21. The SMILES string of the molecule is [2H]C1C(=C)N([2H])C(=O)C(N2Cc3c(OCc4ccc(CN5CCOCC5=O)cc4)cccc3C2=O)C1([2H])[2H]. The lowest BCUT2D eigenvalue weighted by Gasteiger charge is -2.31. The van der Waals surface area contributed by atoms with Crippen LogP contribution in [0.4, 0.5) is 0 Å². The van der Waals surface area contributed by atoms with Gasteiger partial charge in [0, 0.05) is 34.0 Å². The number of carbonyl (C=O) groups is 3. The van der Waals surface area contributed by atoms with E-state index < -0.39 is 30.6 Å². The molecule has 0 aromatic heterocycles. The van der Waals surface area contributed by atoms with Gasteiger partial charge >= 0.3 is 0 Å². The van der Waals surface area contributed by atoms with Gasteiger partial charge < -0.3 is 24.6 Å². The van der Waals surface area contributed by atoms with Crippen LogP contribution in [0.15, 0.2) is 54.7 Å². The molecule has 0 aliphatic carbocycles. The van der Waals surface area contributed by atoms with E-state index >= 15 is 0 Å². The van der Waals surface area contributed by atoms with Crippen LogP contribution < -0.4 is 10.0 Å². The lowest BCUT2D eigenvalue weighted by Crippen LogP contribution is -2.49. The smallest absolute Gasteiger partial charge is 0.255 e. The maximum absolute atomic E-state index is 13.2. The molecule has 3 aliphatic rings. The van der Waals surface area contributed by atoms with Crippen molar-refractivity contribution in [3.05, 3.63) is 77.0 Å². The van der Waals surface area contributed by atoms with Crippen LogP contribution in [-0.2, 0) is 34.0 Å². The van der Waals surface area contributed by atoms with Gasteiger partial charge in [-0.25, -0.2) is 0 Å². The normalized spacial score (nSPS) is 26.1. The average molecular weight is 466 g/mol. The van der Waals surface area contributed by atoms with Crippen molar-refractivity contribution in [2.24, 2.45) is 0 Å². The lowest BCUT2D eigenvalue weighted by molar-refractivity contribution is -0.143. The van der Waals surface area contributed by atoms with Gasteiger partial charge in [0.2, 0.25) is 11.8 Å². The number of piperidine rings is 1. The second-order valence-corrected chi connectivity index (χ2v) is 8.34. The molecule has 2 aromatic carbocycles. The van der Waals surface area contributed by atoms with E-state index in [9.17, 15) is 14.4 Å². The van der Waals surface area contributed by atoms with Crippen LogP contribution in [0.25, 0.3) is 0 Å². The summed E-state index contributed by atoms with van der Waals surface area (Å²) < 4.78 is 44.0. The van der Waals surface area contributed by atoms with Crippen LogP contribution in [0.2, 0.25) is 1.41 Å². The zero-order valence-electron chi connectivity index (χ0n) is 22.5. The molecule has 5 rings (SSSR count). The minimum absolute atomic E-state index is 0.0354. The van der Waals surface area contributed by atoms with E-state index in [1.165, 1.54) is 0 Å². The Labute approximate surface area is 203 Å². The number of amides is 3. The molecule has 8 heteroatoms. The first-order valence-electron chi connectivity index (χ1n) is 13.0. The summed E-state index contributed by atoms with van der Waals surface area (Å²) in [5.74, 6) is -1.10. The van der Waals surface area contributed by atoms with Crippen LogP contribution in [0, 0.1) is 0 Å². The Morgan fingerprint density at radius 3 is 2.76 bits per heavy atom. The third-order valence-electron chi connectivity index (χ3n) is 6.03. The third-order valence-corrected chi connectivity index (χ3v) is 6.03. The topological polar surface area (TPSA) is 88.2 Å². The van der Waals surface area contributed by atoms with Gasteiger partial charge in [-0.05, 0) is 36.0 Å². The number of hydrogen-bond donors (Lipinski definition) is 1. The summed E-state index contributed by atoms with van der Waals surface area (Å²) in [5.41, 5.74) is 2.40. The van der Waals surface area contributed by atoms with Gasteiger partial charge in [-0.2, -0.15) is 0 Å². The van der Waals surface area contributed by atoms with Gasteiger partial charge in [-0.1, -0.05) is 36.9 Å². The molecule has 3 amide bonds. The molecule has 0 radical (unpaired) electrons. The zero-order chi connectivity index (χ0) is 27.2. The van der Waals surface area contributed by atoms with Crippen LogP contribution in [-0.4, -0.2) is 53.3 Å². The van der Waals surface area contributed by atoms with Gasteiger partial charge in [-0.15, -0.1) is 0 Å². The second-order valence-electron chi connectivity index (χ2n) is 8.34. The minimum Gasteiger partial charge on any atom is -0.489 e. The Kier molecular flexibility index (Phi) is 4.86. The number of carbonyl (C=O) groups excluding carboxylic acids is 3. The first-order chi connectivity index (χ1) is 18.1. The fourth-order valence-electron chi connectivity index (χ4n) is 4.21. The van der Waals surface area contributed by atoms with E-state index in [4.69, 9.17) is 15.0 Å². The molecule has 2 saturated heterocycles. The fraction of sp³-hybridized carbons (Fsp3) is 0.346. The van der Waals surface area contributed by atoms with Crippen molar-refractivity contribution >= 4 is 17.7 Å². The molecule has 2 unspecified atom stereocenters. The minimum atomic E-state index is -2.42. The number of nitrogens with zero attached hydrogens (tertiary/aromatic N) is 2. The second kappa shape index (κ2) is 9.30. The highest BCUT2D eigenvalue weighted by atomic mass is 16.5. The molecule has 3 heterocycles. The Hall–Kier alpha value is -3.65. The Morgan fingerprint density at radius 2 is 1.97 bits per heavy atom. The van der Waals surface area contributed by atoms with Crippen molar-refractivity contribution in [1.82, 2.24) is 15.1 Å². The zero-order valence-corrected chi connectivity index (χ0v) is 18.5. The number of fused-ring (bicyclic) bond motifs is 1. The van der Waals surface area contributed by atoms with Crippen LogP contribution in [0.5, 0.6) is 5.75 Å². The van der Waals surface area contributed by atoms with Gasteiger partial charge in [-0.3, -0.25) is 14.4 Å². The number of morpholine rings is 1. The number of allylic oxidation sites excluding steroid dienone is 1. The number of nitrogens with one attached hydrogen (secondary N) is 1. The lowest BCUT2D eigenvalue weighted by atomic mass is 10.0. The van der Waals surface area contributed by atoms with E-state index in [0.717, 1.165) is 16.0 Å². The number of rotatable bonds is 6. The highest BCUT2D eigenvalue weighted by Gasteiger charge is 2.39.